The minimum absolute atomic E-state index is 0.0998. The lowest BCUT2D eigenvalue weighted by Gasteiger charge is -2.23. The highest BCUT2D eigenvalue weighted by atomic mass is 35.5. The number of hydrogen-bond donors (Lipinski definition) is 0. The van der Waals surface area contributed by atoms with E-state index in [1.54, 1.807) is 0 Å². The first-order valence-corrected chi connectivity index (χ1v) is 5.31. The lowest BCUT2D eigenvalue weighted by Crippen LogP contribution is -2.12. The maximum atomic E-state index is 8.88. The standard InChI is InChI=1S/C11H16ClN/c1-3-9(8-13)10(12)11(2)6-4-5-7-11/h3-7H2,1-2H3. The van der Waals surface area contributed by atoms with Gasteiger partial charge >= 0.3 is 0 Å². The summed E-state index contributed by atoms with van der Waals surface area (Å²) in [6.45, 7) is 4.16. The van der Waals surface area contributed by atoms with E-state index in [0.29, 0.717) is 0 Å². The number of nitriles is 1. The quantitative estimate of drug-likeness (QED) is 0.614. The summed E-state index contributed by atoms with van der Waals surface area (Å²) in [4.78, 5) is 0. The monoisotopic (exact) mass is 197 g/mol. The van der Waals surface area contributed by atoms with E-state index in [9.17, 15) is 0 Å². The maximum Gasteiger partial charge on any atom is 0.0959 e. The van der Waals surface area contributed by atoms with E-state index in [1.165, 1.54) is 12.8 Å². The van der Waals surface area contributed by atoms with E-state index in [1.807, 2.05) is 6.92 Å². The Labute approximate surface area is 85.4 Å². The molecule has 1 rings (SSSR count). The van der Waals surface area contributed by atoms with Crippen molar-refractivity contribution in [1.29, 1.82) is 5.26 Å². The van der Waals surface area contributed by atoms with Gasteiger partial charge in [-0.3, -0.25) is 0 Å². The van der Waals surface area contributed by atoms with Crippen LogP contribution in [0.2, 0.25) is 0 Å². The average molecular weight is 198 g/mol. The largest absolute Gasteiger partial charge is 0.193 e. The van der Waals surface area contributed by atoms with Crippen LogP contribution in [0.3, 0.4) is 0 Å². The number of rotatable bonds is 2. The van der Waals surface area contributed by atoms with Crippen LogP contribution in [-0.4, -0.2) is 0 Å². The average Bonchev–Trinajstić information content (AvgIpc) is 2.55. The van der Waals surface area contributed by atoms with Gasteiger partial charge in [0.1, 0.15) is 0 Å². The van der Waals surface area contributed by atoms with Gasteiger partial charge in [0.2, 0.25) is 0 Å². The summed E-state index contributed by atoms with van der Waals surface area (Å²) in [7, 11) is 0. The third-order valence-electron chi connectivity index (χ3n) is 2.99. The molecule has 0 aromatic heterocycles. The van der Waals surface area contributed by atoms with E-state index in [4.69, 9.17) is 16.9 Å². The first-order chi connectivity index (χ1) is 6.14. The van der Waals surface area contributed by atoms with Crippen molar-refractivity contribution in [2.75, 3.05) is 0 Å². The Morgan fingerprint density at radius 3 is 2.38 bits per heavy atom. The molecule has 0 bridgehead atoms. The lowest BCUT2D eigenvalue weighted by molar-refractivity contribution is 0.432. The van der Waals surface area contributed by atoms with Gasteiger partial charge in [-0.2, -0.15) is 5.26 Å². The van der Waals surface area contributed by atoms with Gasteiger partial charge in [0, 0.05) is 16.0 Å². The zero-order chi connectivity index (χ0) is 9.90. The third kappa shape index (κ3) is 2.06. The van der Waals surface area contributed by atoms with E-state index >= 15 is 0 Å². The van der Waals surface area contributed by atoms with Crippen LogP contribution in [0, 0.1) is 16.7 Å². The van der Waals surface area contributed by atoms with Crippen LogP contribution in [0.15, 0.2) is 10.6 Å². The molecule has 0 amide bonds. The Bertz CT molecular complexity index is 254. The molecule has 0 N–H and O–H groups in total. The van der Waals surface area contributed by atoms with E-state index in [-0.39, 0.29) is 5.41 Å². The summed E-state index contributed by atoms with van der Waals surface area (Å²) >= 11 is 6.25. The molecule has 0 radical (unpaired) electrons. The molecule has 1 fully saturated rings. The second-order valence-electron chi connectivity index (χ2n) is 4.03. The van der Waals surface area contributed by atoms with Gasteiger partial charge in [0.25, 0.3) is 0 Å². The molecule has 1 aliphatic rings. The van der Waals surface area contributed by atoms with Gasteiger partial charge in [-0.05, 0) is 19.3 Å². The molecule has 72 valence electrons. The van der Waals surface area contributed by atoms with Crippen LogP contribution in [-0.2, 0) is 0 Å². The van der Waals surface area contributed by atoms with Gasteiger partial charge < -0.3 is 0 Å². The molecular formula is C11H16ClN. The van der Waals surface area contributed by atoms with Crippen molar-refractivity contribution in [3.05, 3.63) is 10.6 Å². The molecule has 1 saturated carbocycles. The smallest absolute Gasteiger partial charge is 0.0959 e. The fourth-order valence-electron chi connectivity index (χ4n) is 2.02. The fraction of sp³-hybridized carbons (Fsp3) is 0.727. The third-order valence-corrected chi connectivity index (χ3v) is 3.67. The summed E-state index contributed by atoms with van der Waals surface area (Å²) in [5.41, 5.74) is 0.869. The molecule has 0 aromatic rings. The summed E-state index contributed by atoms with van der Waals surface area (Å²) < 4.78 is 0. The Kier molecular flexibility index (Phi) is 3.39. The highest BCUT2D eigenvalue weighted by Crippen LogP contribution is 2.46. The number of halogens is 1. The Hall–Kier alpha value is -0.480. The molecule has 1 nitrogen and oxygen atoms in total. The van der Waals surface area contributed by atoms with Crippen LogP contribution in [0.25, 0.3) is 0 Å². The van der Waals surface area contributed by atoms with Crippen LogP contribution in [0.5, 0.6) is 0 Å². The molecule has 0 saturated heterocycles. The normalized spacial score (nSPS) is 22.3. The highest BCUT2D eigenvalue weighted by Gasteiger charge is 2.33. The summed E-state index contributed by atoms with van der Waals surface area (Å²) in [6.07, 6.45) is 5.52. The predicted octanol–water partition coefficient (Wildman–Crippen LogP) is 3.99. The molecule has 0 unspecified atom stereocenters. The molecule has 0 heterocycles. The minimum Gasteiger partial charge on any atom is -0.193 e. The fourth-order valence-corrected chi connectivity index (χ4v) is 2.39. The predicted molar refractivity (Wildman–Crippen MR) is 55.4 cm³/mol. The first-order valence-electron chi connectivity index (χ1n) is 4.93. The van der Waals surface area contributed by atoms with Crippen molar-refractivity contribution in [2.45, 2.75) is 46.0 Å². The Balaban J connectivity index is 2.93. The van der Waals surface area contributed by atoms with Crippen molar-refractivity contribution in [3.8, 4) is 6.07 Å². The van der Waals surface area contributed by atoms with Crippen LogP contribution in [0.4, 0.5) is 0 Å². The number of nitrogens with zero attached hydrogens (tertiary/aromatic N) is 1. The van der Waals surface area contributed by atoms with Crippen molar-refractivity contribution in [3.63, 3.8) is 0 Å². The van der Waals surface area contributed by atoms with Gasteiger partial charge in [-0.15, -0.1) is 0 Å². The van der Waals surface area contributed by atoms with Gasteiger partial charge in [-0.25, -0.2) is 0 Å². The molecule has 0 aliphatic heterocycles. The van der Waals surface area contributed by atoms with Crippen molar-refractivity contribution >= 4 is 11.6 Å². The van der Waals surface area contributed by atoms with Gasteiger partial charge in [0.05, 0.1) is 6.07 Å². The van der Waals surface area contributed by atoms with Gasteiger partial charge in [0.15, 0.2) is 0 Å². The molecule has 0 spiro atoms. The maximum absolute atomic E-state index is 8.88. The SMILES string of the molecule is CCC(C#N)=C(Cl)C1(C)CCCC1. The van der Waals surface area contributed by atoms with Gasteiger partial charge in [-0.1, -0.05) is 38.3 Å². The first kappa shape index (κ1) is 10.6. The summed E-state index contributed by atoms with van der Waals surface area (Å²) in [6, 6.07) is 2.20. The topological polar surface area (TPSA) is 23.8 Å². The second kappa shape index (κ2) is 4.15. The molecular weight excluding hydrogens is 182 g/mol. The lowest BCUT2D eigenvalue weighted by atomic mass is 9.86. The second-order valence-corrected chi connectivity index (χ2v) is 4.40. The van der Waals surface area contributed by atoms with Crippen molar-refractivity contribution in [2.24, 2.45) is 5.41 Å². The molecule has 0 aromatic carbocycles. The highest BCUT2D eigenvalue weighted by molar-refractivity contribution is 6.30. The number of allylic oxidation sites excluding steroid dienone is 2. The summed E-state index contributed by atoms with van der Waals surface area (Å²) in [5.74, 6) is 0. The van der Waals surface area contributed by atoms with Crippen molar-refractivity contribution < 1.29 is 0 Å². The zero-order valence-corrected chi connectivity index (χ0v) is 9.12. The Morgan fingerprint density at radius 2 is 2.00 bits per heavy atom. The molecule has 13 heavy (non-hydrogen) atoms. The van der Waals surface area contributed by atoms with Crippen LogP contribution >= 0.6 is 11.6 Å². The molecule has 2 heteroatoms. The molecule has 1 aliphatic carbocycles. The number of hydrogen-bond acceptors (Lipinski definition) is 1. The van der Waals surface area contributed by atoms with E-state index in [2.05, 4.69) is 13.0 Å². The van der Waals surface area contributed by atoms with E-state index in [0.717, 1.165) is 29.9 Å². The molecule has 0 atom stereocenters. The zero-order valence-electron chi connectivity index (χ0n) is 8.36. The van der Waals surface area contributed by atoms with Crippen molar-refractivity contribution in [1.82, 2.24) is 0 Å². The van der Waals surface area contributed by atoms with Crippen LogP contribution < -0.4 is 0 Å². The summed E-state index contributed by atoms with van der Waals surface area (Å²) in [5, 5.41) is 9.69. The minimum atomic E-state index is 0.0998. The van der Waals surface area contributed by atoms with E-state index < -0.39 is 0 Å². The van der Waals surface area contributed by atoms with Crippen LogP contribution in [0.1, 0.15) is 46.0 Å². The Morgan fingerprint density at radius 1 is 1.46 bits per heavy atom.